The van der Waals surface area contributed by atoms with Crippen LogP contribution in [0, 0.1) is 5.41 Å². The van der Waals surface area contributed by atoms with Gasteiger partial charge < -0.3 is 15.5 Å². The van der Waals surface area contributed by atoms with Crippen LogP contribution in [0.15, 0.2) is 35.3 Å². The van der Waals surface area contributed by atoms with Crippen molar-refractivity contribution in [1.29, 1.82) is 0 Å². The average molecular weight is 282 g/mol. The first-order valence-corrected chi connectivity index (χ1v) is 6.78. The Morgan fingerprint density at radius 1 is 1.47 bits per heavy atom. The van der Waals surface area contributed by atoms with Gasteiger partial charge in [-0.15, -0.1) is 0 Å². The molecule has 2 aliphatic rings. The minimum Gasteiger partial charge on any atom is -0.350 e. The number of hydrogen-bond donors (Lipinski definition) is 2. The second-order valence-corrected chi connectivity index (χ2v) is 6.33. The first-order valence-electron chi connectivity index (χ1n) is 6.40. The van der Waals surface area contributed by atoms with E-state index in [1.807, 2.05) is 36.3 Å². The highest BCUT2D eigenvalue weighted by Crippen LogP contribution is 2.27. The van der Waals surface area contributed by atoms with Crippen LogP contribution >= 0.6 is 11.6 Å². The molecule has 0 aromatic heterocycles. The van der Waals surface area contributed by atoms with Crippen molar-refractivity contribution in [1.82, 2.24) is 15.5 Å². The molecule has 2 heterocycles. The Hall–Kier alpha value is -1.42. The molecule has 4 nitrogen and oxygen atoms in total. The van der Waals surface area contributed by atoms with Crippen molar-refractivity contribution in [3.8, 4) is 0 Å². The number of carbonyl (C=O) groups excluding carboxylic acids is 1. The molecule has 1 amide bonds. The molecule has 0 saturated heterocycles. The molecule has 0 saturated carbocycles. The van der Waals surface area contributed by atoms with Crippen LogP contribution in [0.4, 0.5) is 0 Å². The first kappa shape index (κ1) is 14.0. The fourth-order valence-electron chi connectivity index (χ4n) is 1.83. The molecule has 0 spiro atoms. The zero-order chi connectivity index (χ0) is 14.2. The van der Waals surface area contributed by atoms with Crippen molar-refractivity contribution in [2.24, 2.45) is 5.41 Å². The lowest BCUT2D eigenvalue weighted by molar-refractivity contribution is -0.126. The van der Waals surface area contributed by atoms with Crippen LogP contribution in [-0.4, -0.2) is 23.0 Å². The molecule has 104 valence electrons. The molecular weight excluding hydrogens is 262 g/mol. The summed E-state index contributed by atoms with van der Waals surface area (Å²) in [6.07, 6.45) is 7.04. The van der Waals surface area contributed by atoms with Crippen molar-refractivity contribution >= 4 is 17.5 Å². The van der Waals surface area contributed by atoms with Crippen LogP contribution in [0.2, 0.25) is 0 Å². The normalized spacial score (nSPS) is 23.2. The quantitative estimate of drug-likeness (QED) is 0.763. The van der Waals surface area contributed by atoms with Crippen molar-refractivity contribution in [2.45, 2.75) is 39.9 Å². The molecule has 0 bridgehead atoms. The maximum absolute atomic E-state index is 12.3. The Morgan fingerprint density at radius 2 is 2.16 bits per heavy atom. The van der Waals surface area contributed by atoms with E-state index in [1.165, 1.54) is 0 Å². The molecule has 0 fully saturated rings. The second kappa shape index (κ2) is 4.93. The predicted molar refractivity (Wildman–Crippen MR) is 77.0 cm³/mol. The Kier molecular flexibility index (Phi) is 3.63. The predicted octanol–water partition coefficient (Wildman–Crippen LogP) is 2.26. The van der Waals surface area contributed by atoms with Gasteiger partial charge in [0.2, 0.25) is 0 Å². The average Bonchev–Trinajstić information content (AvgIpc) is 2.66. The van der Waals surface area contributed by atoms with Crippen molar-refractivity contribution in [3.05, 3.63) is 35.3 Å². The summed E-state index contributed by atoms with van der Waals surface area (Å²) in [6.45, 7) is 8.30. The third-order valence-corrected chi connectivity index (χ3v) is 3.87. The van der Waals surface area contributed by atoms with E-state index in [4.69, 9.17) is 11.6 Å². The van der Waals surface area contributed by atoms with Gasteiger partial charge in [-0.25, -0.2) is 0 Å². The van der Waals surface area contributed by atoms with Gasteiger partial charge in [0.1, 0.15) is 5.16 Å². The molecule has 19 heavy (non-hydrogen) atoms. The topological polar surface area (TPSA) is 44.4 Å². The van der Waals surface area contributed by atoms with Crippen LogP contribution in [0.3, 0.4) is 0 Å². The molecule has 0 aromatic carbocycles. The minimum atomic E-state index is -0.478. The fourth-order valence-corrected chi connectivity index (χ4v) is 2.10. The van der Waals surface area contributed by atoms with Gasteiger partial charge in [-0.2, -0.15) is 0 Å². The maximum Gasteiger partial charge on any atom is 0.264 e. The molecule has 0 radical (unpaired) electrons. The Labute approximate surface area is 119 Å². The number of nitrogens with zero attached hydrogens (tertiary/aromatic N) is 1. The van der Waals surface area contributed by atoms with Crippen molar-refractivity contribution in [3.63, 3.8) is 0 Å². The smallest absolute Gasteiger partial charge is 0.264 e. The van der Waals surface area contributed by atoms with Gasteiger partial charge in [0.15, 0.2) is 6.17 Å². The van der Waals surface area contributed by atoms with Crippen molar-refractivity contribution in [2.75, 3.05) is 0 Å². The second-order valence-electron chi connectivity index (χ2n) is 5.95. The first-order chi connectivity index (χ1) is 8.80. The summed E-state index contributed by atoms with van der Waals surface area (Å²) >= 11 is 6.11. The standard InChI is InChI=1S/C14H20ClN3O/c1-9(14(2,3)4)16-13(19)12-17-11(15)10-7-5-6-8-18(10)12/h5-9,12,17H,1-4H3,(H,16,19)/t9-,12?/m1/s1. The zero-order valence-corrected chi connectivity index (χ0v) is 12.5. The van der Waals surface area contributed by atoms with Crippen LogP contribution in [-0.2, 0) is 4.79 Å². The minimum absolute atomic E-state index is 0.0198. The van der Waals surface area contributed by atoms with Crippen LogP contribution in [0.1, 0.15) is 27.7 Å². The van der Waals surface area contributed by atoms with Gasteiger partial charge in [0.25, 0.3) is 5.91 Å². The van der Waals surface area contributed by atoms with Gasteiger partial charge in [0.05, 0.1) is 5.70 Å². The van der Waals surface area contributed by atoms with Crippen LogP contribution in [0.5, 0.6) is 0 Å². The molecular formula is C14H20ClN3O. The molecule has 0 aliphatic carbocycles. The van der Waals surface area contributed by atoms with E-state index in [2.05, 4.69) is 31.4 Å². The number of halogens is 1. The summed E-state index contributed by atoms with van der Waals surface area (Å²) in [4.78, 5) is 14.2. The monoisotopic (exact) mass is 281 g/mol. The molecule has 5 heteroatoms. The van der Waals surface area contributed by atoms with E-state index in [1.54, 1.807) is 0 Å². The molecule has 2 aliphatic heterocycles. The van der Waals surface area contributed by atoms with E-state index in [9.17, 15) is 4.79 Å². The number of hydrogen-bond acceptors (Lipinski definition) is 3. The molecule has 0 aromatic rings. The number of fused-ring (bicyclic) bond motifs is 1. The number of nitrogens with one attached hydrogen (secondary N) is 2. The number of amides is 1. The van der Waals surface area contributed by atoms with E-state index >= 15 is 0 Å². The molecule has 1 unspecified atom stereocenters. The van der Waals surface area contributed by atoms with Gasteiger partial charge >= 0.3 is 0 Å². The Morgan fingerprint density at radius 3 is 2.79 bits per heavy atom. The number of carbonyl (C=O) groups is 1. The van der Waals surface area contributed by atoms with Gasteiger partial charge in [0, 0.05) is 12.2 Å². The van der Waals surface area contributed by atoms with E-state index in [0.29, 0.717) is 5.16 Å². The maximum atomic E-state index is 12.3. The Balaban J connectivity index is 2.07. The number of rotatable bonds is 2. The SMILES string of the molecule is C[C@@H](NC(=O)C1NC(Cl)=C2C=CC=CN21)C(C)(C)C. The zero-order valence-electron chi connectivity index (χ0n) is 11.7. The highest BCUT2D eigenvalue weighted by molar-refractivity contribution is 6.30. The summed E-state index contributed by atoms with van der Waals surface area (Å²) in [5, 5.41) is 6.54. The molecule has 2 atom stereocenters. The summed E-state index contributed by atoms with van der Waals surface area (Å²) in [7, 11) is 0. The lowest BCUT2D eigenvalue weighted by Gasteiger charge is -2.31. The van der Waals surface area contributed by atoms with E-state index in [-0.39, 0.29) is 17.4 Å². The summed E-state index contributed by atoms with van der Waals surface area (Å²) < 4.78 is 0. The Bertz CT molecular complexity index is 474. The summed E-state index contributed by atoms with van der Waals surface area (Å²) in [6, 6.07) is 0.0777. The van der Waals surface area contributed by atoms with E-state index < -0.39 is 6.17 Å². The molecule has 2 rings (SSSR count). The van der Waals surface area contributed by atoms with E-state index in [0.717, 1.165) is 5.70 Å². The van der Waals surface area contributed by atoms with Crippen molar-refractivity contribution < 1.29 is 4.79 Å². The molecule has 2 N–H and O–H groups in total. The van der Waals surface area contributed by atoms with Crippen LogP contribution in [0.25, 0.3) is 0 Å². The van der Waals surface area contributed by atoms with Gasteiger partial charge in [-0.05, 0) is 24.5 Å². The van der Waals surface area contributed by atoms with Gasteiger partial charge in [-0.1, -0.05) is 38.4 Å². The van der Waals surface area contributed by atoms with Crippen LogP contribution < -0.4 is 10.6 Å². The fraction of sp³-hybridized carbons (Fsp3) is 0.500. The largest absolute Gasteiger partial charge is 0.350 e. The highest BCUT2D eigenvalue weighted by Gasteiger charge is 2.35. The summed E-state index contributed by atoms with van der Waals surface area (Å²) in [5.41, 5.74) is 0.846. The van der Waals surface area contributed by atoms with Gasteiger partial charge in [-0.3, -0.25) is 4.79 Å². The number of allylic oxidation sites excluding steroid dienone is 3. The lowest BCUT2D eigenvalue weighted by atomic mass is 9.88. The highest BCUT2D eigenvalue weighted by atomic mass is 35.5. The lowest BCUT2D eigenvalue weighted by Crippen LogP contribution is -2.52. The third kappa shape index (κ3) is 2.78. The third-order valence-electron chi connectivity index (χ3n) is 3.56. The summed E-state index contributed by atoms with van der Waals surface area (Å²) in [5.74, 6) is -0.0736.